The zero-order valence-electron chi connectivity index (χ0n) is 24.5. The summed E-state index contributed by atoms with van der Waals surface area (Å²) in [5.74, 6) is 1.65. The van der Waals surface area contributed by atoms with E-state index in [-0.39, 0.29) is 0 Å². The highest BCUT2D eigenvalue weighted by molar-refractivity contribution is 6.73. The molecule has 15 heteroatoms. The first kappa shape index (κ1) is 28.5. The van der Waals surface area contributed by atoms with Crippen LogP contribution in [0.5, 0.6) is 0 Å². The van der Waals surface area contributed by atoms with E-state index in [1.165, 1.54) is 0 Å². The largest absolute Gasteiger partial charge is 0.352 e. The van der Waals surface area contributed by atoms with Gasteiger partial charge < -0.3 is 13.6 Å². The molecule has 0 aliphatic carbocycles. The van der Waals surface area contributed by atoms with E-state index in [0.29, 0.717) is 78.2 Å². The lowest BCUT2D eigenvalue weighted by Gasteiger charge is -2.05. The topological polar surface area (TPSA) is 117 Å². The summed E-state index contributed by atoms with van der Waals surface area (Å²) in [7, 11) is 3.28. The summed E-state index contributed by atoms with van der Waals surface area (Å²) in [4.78, 5) is 14.0. The number of rotatable bonds is 12. The van der Waals surface area contributed by atoms with Crippen molar-refractivity contribution in [3.05, 3.63) is 109 Å². The molecule has 0 radical (unpaired) electrons. The monoisotopic (exact) mass is 582 g/mol. The van der Waals surface area contributed by atoms with Gasteiger partial charge in [-0.25, -0.2) is 15.0 Å². The smallest absolute Gasteiger partial charge is 0.267 e. The van der Waals surface area contributed by atoms with Crippen molar-refractivity contribution in [1.29, 1.82) is 0 Å². The minimum atomic E-state index is 0.481. The summed E-state index contributed by atoms with van der Waals surface area (Å²) in [6.07, 6.45) is 0. The van der Waals surface area contributed by atoms with E-state index >= 15 is 0 Å². The fourth-order valence-corrected chi connectivity index (χ4v) is 5.31. The highest BCUT2D eigenvalue weighted by atomic mass is 16.5. The van der Waals surface area contributed by atoms with Gasteiger partial charge in [-0.1, -0.05) is 157 Å². The maximum Gasteiger partial charge on any atom is 0.267 e. The van der Waals surface area contributed by atoms with E-state index in [9.17, 15) is 0 Å². The average molecular weight is 581 g/mol. The lowest BCUT2D eigenvalue weighted by molar-refractivity contribution is 0.449. The van der Waals surface area contributed by atoms with Gasteiger partial charge in [-0.2, -0.15) is 0 Å². The molecule has 0 spiro atoms. The van der Waals surface area contributed by atoms with Crippen LogP contribution in [0.25, 0.3) is 0 Å². The number of hydrogen-bond acceptors (Lipinski definition) is 9. The molecular formula is C30H24B6N6O3. The molecule has 45 heavy (non-hydrogen) atoms. The van der Waals surface area contributed by atoms with E-state index in [2.05, 4.69) is 85.0 Å². The molecule has 7 rings (SSSR count). The fourth-order valence-electron chi connectivity index (χ4n) is 5.31. The van der Waals surface area contributed by atoms with Crippen LogP contribution in [-0.4, -0.2) is 74.1 Å². The van der Waals surface area contributed by atoms with Crippen LogP contribution >= 0.6 is 0 Å². The average Bonchev–Trinajstić information content (AvgIpc) is 3.81. The van der Waals surface area contributed by atoms with Crippen molar-refractivity contribution in [3.8, 4) is 0 Å². The first-order chi connectivity index (χ1) is 22.2. The Hall–Kier alpha value is -5.31. The summed E-state index contributed by atoms with van der Waals surface area (Å²) >= 11 is 0. The van der Waals surface area contributed by atoms with Crippen LogP contribution in [0.3, 0.4) is 0 Å². The summed E-state index contributed by atoms with van der Waals surface area (Å²) in [6.45, 7) is 0. The molecule has 0 unspecified atom stereocenters. The second-order valence-corrected chi connectivity index (χ2v) is 11.0. The van der Waals surface area contributed by atoms with E-state index in [0.717, 1.165) is 32.8 Å². The Balaban J connectivity index is 1.10. The summed E-state index contributed by atoms with van der Waals surface area (Å²) < 4.78 is 16.9. The lowest BCUT2D eigenvalue weighted by atomic mass is 9.59. The van der Waals surface area contributed by atoms with Gasteiger partial charge in [0.05, 0.1) is 0 Å². The van der Waals surface area contributed by atoms with Gasteiger partial charge in [0.25, 0.3) is 21.8 Å². The van der Waals surface area contributed by atoms with Crippen molar-refractivity contribution < 1.29 is 13.6 Å². The maximum absolute atomic E-state index is 5.63. The minimum Gasteiger partial charge on any atom is -0.352 e. The molecule has 3 heterocycles. The Kier molecular flexibility index (Phi) is 8.57. The van der Waals surface area contributed by atoms with Crippen LogP contribution in [-0.2, 0) is 0 Å². The van der Waals surface area contributed by atoms with Gasteiger partial charge in [-0.15, -0.1) is 0 Å². The predicted molar refractivity (Wildman–Crippen MR) is 187 cm³/mol. The number of hydrogen-bond donors (Lipinski definition) is 0. The van der Waals surface area contributed by atoms with Gasteiger partial charge in [0.1, 0.15) is 17.2 Å². The molecule has 0 bridgehead atoms. The number of aromatic nitrogens is 6. The van der Waals surface area contributed by atoms with Gasteiger partial charge in [-0.05, 0) is 0 Å². The lowest BCUT2D eigenvalue weighted by Crippen LogP contribution is -2.42. The van der Waals surface area contributed by atoms with Crippen molar-refractivity contribution in [2.75, 3.05) is 0 Å². The number of nitrogens with zero attached hydrogens (tertiary/aromatic N) is 6. The van der Waals surface area contributed by atoms with Gasteiger partial charge in [0, 0.05) is 0 Å². The van der Waals surface area contributed by atoms with Crippen molar-refractivity contribution in [1.82, 2.24) is 30.4 Å². The Morgan fingerprint density at radius 2 is 0.622 bits per heavy atom. The van der Waals surface area contributed by atoms with Crippen molar-refractivity contribution in [2.24, 2.45) is 0 Å². The van der Waals surface area contributed by atoms with E-state index < -0.39 is 0 Å². The Morgan fingerprint density at radius 3 is 0.911 bits per heavy atom. The molecule has 0 saturated carbocycles. The van der Waals surface area contributed by atoms with E-state index in [4.69, 9.17) is 13.6 Å². The summed E-state index contributed by atoms with van der Waals surface area (Å²) in [6, 6.07) is 36.7. The molecule has 3 aromatic heterocycles. The van der Waals surface area contributed by atoms with Crippen LogP contribution < -0.4 is 67.3 Å². The minimum absolute atomic E-state index is 0.481. The van der Waals surface area contributed by atoms with Gasteiger partial charge in [0.15, 0.2) is 17.4 Å². The zero-order valence-corrected chi connectivity index (χ0v) is 24.5. The third-order valence-electron chi connectivity index (χ3n) is 7.32. The van der Waals surface area contributed by atoms with Crippen LogP contribution in [0.15, 0.2) is 123 Å². The van der Waals surface area contributed by atoms with Crippen molar-refractivity contribution in [3.63, 3.8) is 0 Å². The second-order valence-electron chi connectivity index (χ2n) is 11.0. The molecule has 210 valence electrons. The van der Waals surface area contributed by atoms with Crippen LogP contribution in [0.1, 0.15) is 0 Å². The van der Waals surface area contributed by atoms with Gasteiger partial charge >= 0.3 is 0 Å². The Morgan fingerprint density at radius 1 is 0.333 bits per heavy atom. The van der Waals surface area contributed by atoms with E-state index in [1.807, 2.05) is 54.6 Å². The first-order valence-corrected chi connectivity index (χ1v) is 14.9. The predicted octanol–water partition coefficient (Wildman–Crippen LogP) is -6.84. The van der Waals surface area contributed by atoms with E-state index in [1.54, 1.807) is 0 Å². The normalized spacial score (nSPS) is 10.7. The maximum atomic E-state index is 5.63. The summed E-state index contributed by atoms with van der Waals surface area (Å²) in [5, 5.41) is 12.6. The van der Waals surface area contributed by atoms with Crippen molar-refractivity contribution in [2.45, 2.75) is 0 Å². The Bertz CT molecular complexity index is 1750. The SMILES string of the molecule is B(c1ccccc1)c1noc(Bc2cc(Bc3nc(Bc4ccccc4)no3)cc(Bc3nc(Bc4ccccc4)no3)c2)n1. The molecule has 0 atom stereocenters. The quantitative estimate of drug-likeness (QED) is 0.130. The molecule has 4 aromatic carbocycles. The first-order valence-electron chi connectivity index (χ1n) is 14.9. The molecule has 0 aliphatic heterocycles. The molecule has 0 amide bonds. The molecular weight excluding hydrogens is 557 g/mol. The van der Waals surface area contributed by atoms with Crippen LogP contribution in [0, 0.1) is 0 Å². The molecule has 0 fully saturated rings. The number of benzene rings is 4. The van der Waals surface area contributed by atoms with Crippen LogP contribution in [0.2, 0.25) is 0 Å². The second kappa shape index (κ2) is 13.5. The highest BCUT2D eigenvalue weighted by Crippen LogP contribution is 1.85. The molecule has 9 nitrogen and oxygen atoms in total. The molecule has 0 saturated heterocycles. The van der Waals surface area contributed by atoms with Gasteiger partial charge in [-0.3, -0.25) is 0 Å². The highest BCUT2D eigenvalue weighted by Gasteiger charge is 2.17. The van der Waals surface area contributed by atoms with Crippen LogP contribution in [0.4, 0.5) is 0 Å². The zero-order chi connectivity index (χ0) is 30.3. The Labute approximate surface area is 263 Å². The third kappa shape index (κ3) is 7.80. The standard InChI is InChI=1S/C30H24B6N6O3/c1-4-10-19(11-5-1)31-25-37-28(43-40-25)34-22-16-23(35-29-38-26(41-44-29)32-20-12-6-2-7-13-20)18-24(17-22)36-30-39-27(42-45-30)33-21-14-8-3-9-15-21/h1-18,31-36H. The fraction of sp³-hybridized carbons (Fsp3) is 0. The van der Waals surface area contributed by atoms with Crippen molar-refractivity contribution >= 4 is 111 Å². The molecule has 0 N–H and O–H groups in total. The van der Waals surface area contributed by atoms with Gasteiger partial charge in [0.2, 0.25) is 21.8 Å². The molecule has 7 aromatic rings. The summed E-state index contributed by atoms with van der Waals surface area (Å²) in [5.41, 5.74) is 8.41. The third-order valence-corrected chi connectivity index (χ3v) is 7.32. The molecule has 0 aliphatic rings.